The normalized spacial score (nSPS) is 25.7. The predicted octanol–water partition coefficient (Wildman–Crippen LogP) is 2.32. The Morgan fingerprint density at radius 3 is 2.78 bits per heavy atom. The van der Waals surface area contributed by atoms with Crippen LogP contribution in [0.2, 0.25) is 0 Å². The Morgan fingerprint density at radius 1 is 1.56 bits per heavy atom. The summed E-state index contributed by atoms with van der Waals surface area (Å²) in [6.45, 7) is 3.36. The maximum absolute atomic E-state index is 4.43. The van der Waals surface area contributed by atoms with Gasteiger partial charge in [-0.2, -0.15) is 0 Å². The van der Waals surface area contributed by atoms with Gasteiger partial charge in [0.05, 0.1) is 0 Å². The Labute approximate surface area is 71.3 Å². The molecule has 1 aliphatic rings. The minimum atomic E-state index is 0. The Balaban J connectivity index is 0.000000640. The van der Waals surface area contributed by atoms with E-state index in [1.165, 1.54) is 25.7 Å². The summed E-state index contributed by atoms with van der Waals surface area (Å²) in [6, 6.07) is 0.736. The van der Waals surface area contributed by atoms with Crippen molar-refractivity contribution in [3.8, 4) is 0 Å². The van der Waals surface area contributed by atoms with Crippen molar-refractivity contribution in [3.63, 3.8) is 0 Å². The summed E-state index contributed by atoms with van der Waals surface area (Å²) in [5.41, 5.74) is 0. The standard InChI is InChI=1S/C7H14N.Re/c1-2-4-7-5-3-6-8-7;/h7H,2-6H2,1H3;/q-1;. The zero-order chi connectivity index (χ0) is 5.82. The fourth-order valence-corrected chi connectivity index (χ4v) is 1.26. The average Bonchev–Trinajstić information content (AvgIpc) is 2.19. The van der Waals surface area contributed by atoms with Gasteiger partial charge in [0.1, 0.15) is 0 Å². The van der Waals surface area contributed by atoms with Crippen LogP contribution >= 0.6 is 0 Å². The van der Waals surface area contributed by atoms with Crippen LogP contribution in [0.1, 0.15) is 32.6 Å². The van der Waals surface area contributed by atoms with Gasteiger partial charge in [-0.1, -0.05) is 32.6 Å². The van der Waals surface area contributed by atoms with Crippen LogP contribution in [-0.2, 0) is 20.4 Å². The van der Waals surface area contributed by atoms with Crippen molar-refractivity contribution in [2.75, 3.05) is 6.54 Å². The van der Waals surface area contributed by atoms with E-state index in [9.17, 15) is 0 Å². The molecule has 0 saturated carbocycles. The summed E-state index contributed by atoms with van der Waals surface area (Å²) in [4.78, 5) is 0. The minimum absolute atomic E-state index is 0. The first-order valence-corrected chi connectivity index (χ1v) is 3.60. The fraction of sp³-hybridized carbons (Fsp3) is 1.00. The molecular formula is C7H14NRe-. The topological polar surface area (TPSA) is 14.1 Å². The minimum Gasteiger partial charge on any atom is -0.660 e. The molecule has 1 aliphatic heterocycles. The van der Waals surface area contributed by atoms with Crippen molar-refractivity contribution in [2.24, 2.45) is 0 Å². The quantitative estimate of drug-likeness (QED) is 0.743. The summed E-state index contributed by atoms with van der Waals surface area (Å²) in [6.07, 6.45) is 5.31. The molecular weight excluding hydrogens is 284 g/mol. The van der Waals surface area contributed by atoms with Crippen molar-refractivity contribution >= 4 is 0 Å². The maximum atomic E-state index is 4.43. The zero-order valence-corrected chi connectivity index (χ0v) is 8.65. The van der Waals surface area contributed by atoms with Crippen LogP contribution in [0.5, 0.6) is 0 Å². The molecule has 9 heavy (non-hydrogen) atoms. The molecule has 1 rings (SSSR count). The van der Waals surface area contributed by atoms with E-state index in [0.717, 1.165) is 12.6 Å². The molecule has 0 aliphatic carbocycles. The summed E-state index contributed by atoms with van der Waals surface area (Å²) in [5, 5.41) is 4.43. The van der Waals surface area contributed by atoms with E-state index in [0.29, 0.717) is 0 Å². The van der Waals surface area contributed by atoms with Gasteiger partial charge in [0, 0.05) is 20.4 Å². The largest absolute Gasteiger partial charge is 0.660 e. The molecule has 0 aromatic rings. The third-order valence-corrected chi connectivity index (χ3v) is 1.70. The van der Waals surface area contributed by atoms with Crippen LogP contribution in [0.15, 0.2) is 0 Å². The second-order valence-electron chi connectivity index (χ2n) is 2.49. The van der Waals surface area contributed by atoms with Crippen LogP contribution < -0.4 is 0 Å². The van der Waals surface area contributed by atoms with Gasteiger partial charge >= 0.3 is 0 Å². The smallest absolute Gasteiger partial charge is 0 e. The van der Waals surface area contributed by atoms with Gasteiger partial charge in [0.2, 0.25) is 0 Å². The van der Waals surface area contributed by atoms with Gasteiger partial charge in [-0.25, -0.2) is 0 Å². The van der Waals surface area contributed by atoms with Crippen molar-refractivity contribution in [3.05, 3.63) is 5.32 Å². The molecule has 0 spiro atoms. The summed E-state index contributed by atoms with van der Waals surface area (Å²) < 4.78 is 0. The first-order valence-electron chi connectivity index (χ1n) is 3.60. The van der Waals surface area contributed by atoms with E-state index >= 15 is 0 Å². The molecule has 0 N–H and O–H groups in total. The van der Waals surface area contributed by atoms with Crippen molar-refractivity contribution < 1.29 is 20.4 Å². The van der Waals surface area contributed by atoms with Gasteiger partial charge in [0.15, 0.2) is 0 Å². The summed E-state index contributed by atoms with van der Waals surface area (Å²) in [7, 11) is 0. The fourth-order valence-electron chi connectivity index (χ4n) is 1.26. The van der Waals surface area contributed by atoms with E-state index in [1.807, 2.05) is 0 Å². The summed E-state index contributed by atoms with van der Waals surface area (Å²) in [5.74, 6) is 0. The first kappa shape index (κ1) is 9.62. The Kier molecular flexibility index (Phi) is 5.78. The van der Waals surface area contributed by atoms with E-state index < -0.39 is 0 Å². The van der Waals surface area contributed by atoms with Crippen LogP contribution in [-0.4, -0.2) is 12.6 Å². The van der Waals surface area contributed by atoms with Gasteiger partial charge in [-0.15, -0.1) is 12.6 Å². The van der Waals surface area contributed by atoms with E-state index in [2.05, 4.69) is 12.2 Å². The molecule has 1 fully saturated rings. The van der Waals surface area contributed by atoms with E-state index in [-0.39, 0.29) is 20.4 Å². The van der Waals surface area contributed by atoms with Crippen LogP contribution in [0, 0.1) is 0 Å². The zero-order valence-electron chi connectivity index (χ0n) is 5.94. The van der Waals surface area contributed by atoms with Gasteiger partial charge in [0.25, 0.3) is 0 Å². The number of nitrogens with zero attached hydrogens (tertiary/aromatic N) is 1. The Morgan fingerprint density at radius 2 is 2.33 bits per heavy atom. The van der Waals surface area contributed by atoms with Gasteiger partial charge in [-0.05, 0) is 0 Å². The van der Waals surface area contributed by atoms with Crippen LogP contribution in [0.4, 0.5) is 0 Å². The van der Waals surface area contributed by atoms with Crippen molar-refractivity contribution in [1.29, 1.82) is 0 Å². The molecule has 1 nitrogen and oxygen atoms in total. The Bertz CT molecular complexity index is 59.9. The monoisotopic (exact) mass is 299 g/mol. The van der Waals surface area contributed by atoms with E-state index in [4.69, 9.17) is 0 Å². The molecule has 0 aromatic carbocycles. The van der Waals surface area contributed by atoms with Crippen LogP contribution in [0.3, 0.4) is 0 Å². The van der Waals surface area contributed by atoms with Gasteiger partial charge in [-0.3, -0.25) is 0 Å². The van der Waals surface area contributed by atoms with Gasteiger partial charge < -0.3 is 5.32 Å². The second kappa shape index (κ2) is 5.41. The predicted molar refractivity (Wildman–Crippen MR) is 36.2 cm³/mol. The number of hydrogen-bond donors (Lipinski definition) is 0. The molecule has 55 valence electrons. The third kappa shape index (κ3) is 3.35. The number of hydrogen-bond acceptors (Lipinski definition) is 0. The van der Waals surface area contributed by atoms with E-state index in [1.54, 1.807) is 0 Å². The molecule has 1 unspecified atom stereocenters. The van der Waals surface area contributed by atoms with Crippen LogP contribution in [0.25, 0.3) is 5.32 Å². The molecule has 2 heteroatoms. The molecule has 0 bridgehead atoms. The molecule has 0 aromatic heterocycles. The second-order valence-corrected chi connectivity index (χ2v) is 2.49. The first-order chi connectivity index (χ1) is 3.93. The third-order valence-electron chi connectivity index (χ3n) is 1.70. The molecule has 1 heterocycles. The number of rotatable bonds is 2. The maximum Gasteiger partial charge on any atom is 0 e. The molecule has 1 atom stereocenters. The molecule has 0 amide bonds. The van der Waals surface area contributed by atoms with Crippen molar-refractivity contribution in [2.45, 2.75) is 38.6 Å². The molecule has 1 radical (unpaired) electrons. The average molecular weight is 298 g/mol. The Hall–Kier alpha value is 0.622. The summed E-state index contributed by atoms with van der Waals surface area (Å²) >= 11 is 0. The van der Waals surface area contributed by atoms with Crippen molar-refractivity contribution in [1.82, 2.24) is 0 Å². The SMILES string of the molecule is CCCC1CCC[N-]1.[Re]. The molecule has 1 saturated heterocycles.